The van der Waals surface area contributed by atoms with Crippen molar-refractivity contribution in [2.45, 2.75) is 31.6 Å². The highest BCUT2D eigenvalue weighted by Crippen LogP contribution is 2.22. The minimum Gasteiger partial charge on any atom is -0.342 e. The van der Waals surface area contributed by atoms with Crippen molar-refractivity contribution in [2.24, 2.45) is 5.92 Å². The van der Waals surface area contributed by atoms with Crippen molar-refractivity contribution in [2.75, 3.05) is 25.5 Å². The molecule has 132 valence electrons. The van der Waals surface area contributed by atoms with Crippen LogP contribution in [0.1, 0.15) is 25.3 Å². The summed E-state index contributed by atoms with van der Waals surface area (Å²) in [6.45, 7) is 4.26. The van der Waals surface area contributed by atoms with Crippen LogP contribution < -0.4 is 10.0 Å². The van der Waals surface area contributed by atoms with Gasteiger partial charge in [-0.3, -0.25) is 9.59 Å². The highest BCUT2D eigenvalue weighted by molar-refractivity contribution is 7.89. The summed E-state index contributed by atoms with van der Waals surface area (Å²) in [6, 6.07) is 4.78. The average molecular weight is 353 g/mol. The third-order valence-corrected chi connectivity index (χ3v) is 5.81. The van der Waals surface area contributed by atoms with E-state index in [1.165, 1.54) is 20.0 Å². The summed E-state index contributed by atoms with van der Waals surface area (Å²) in [5, 5.41) is 2.77. The van der Waals surface area contributed by atoms with E-state index >= 15 is 0 Å². The largest absolute Gasteiger partial charge is 0.342 e. The summed E-state index contributed by atoms with van der Waals surface area (Å²) in [5.41, 5.74) is 1.03. The number of nitrogens with zero attached hydrogens (tertiary/aromatic N) is 1. The van der Waals surface area contributed by atoms with Gasteiger partial charge in [0, 0.05) is 25.7 Å². The van der Waals surface area contributed by atoms with Crippen molar-refractivity contribution < 1.29 is 18.0 Å². The number of hydrogen-bond acceptors (Lipinski definition) is 4. The van der Waals surface area contributed by atoms with E-state index < -0.39 is 10.0 Å². The molecule has 7 nitrogen and oxygen atoms in total. The molecule has 1 aromatic carbocycles. The molecule has 0 spiro atoms. The van der Waals surface area contributed by atoms with Crippen LogP contribution >= 0.6 is 0 Å². The fraction of sp³-hybridized carbons (Fsp3) is 0.500. The van der Waals surface area contributed by atoms with Gasteiger partial charge in [0.2, 0.25) is 21.8 Å². The number of sulfonamides is 1. The first-order valence-electron chi connectivity index (χ1n) is 7.85. The van der Waals surface area contributed by atoms with Crippen molar-refractivity contribution in [3.8, 4) is 0 Å². The topological polar surface area (TPSA) is 95.6 Å². The molecule has 1 fully saturated rings. The van der Waals surface area contributed by atoms with Crippen LogP contribution in [0.15, 0.2) is 23.1 Å². The lowest BCUT2D eigenvalue weighted by Gasteiger charge is -2.31. The van der Waals surface area contributed by atoms with E-state index in [-0.39, 0.29) is 22.6 Å². The molecule has 2 rings (SSSR count). The van der Waals surface area contributed by atoms with Crippen LogP contribution in [0.2, 0.25) is 0 Å². The second-order valence-corrected chi connectivity index (χ2v) is 7.84. The lowest BCUT2D eigenvalue weighted by Crippen LogP contribution is -2.42. The molecule has 1 aliphatic rings. The molecule has 1 saturated heterocycles. The summed E-state index contributed by atoms with van der Waals surface area (Å²) < 4.78 is 26.3. The number of aryl methyl sites for hydroxylation is 1. The number of anilines is 1. The minimum absolute atomic E-state index is 0.0368. The molecular weight excluding hydrogens is 330 g/mol. The monoisotopic (exact) mass is 353 g/mol. The van der Waals surface area contributed by atoms with E-state index in [0.717, 1.165) is 6.42 Å². The fourth-order valence-electron chi connectivity index (χ4n) is 2.80. The van der Waals surface area contributed by atoms with Crippen LogP contribution in [-0.2, 0) is 19.6 Å². The minimum atomic E-state index is -3.59. The Bertz CT molecular complexity index is 746. The molecular formula is C16H23N3O4S. The smallest absolute Gasteiger partial charge is 0.240 e. The Morgan fingerprint density at radius 1 is 1.29 bits per heavy atom. The molecule has 0 radical (unpaired) electrons. The number of nitrogens with one attached hydrogen (secondary N) is 2. The van der Waals surface area contributed by atoms with E-state index in [1.807, 2.05) is 0 Å². The number of carbonyl (C=O) groups excluding carboxylic acids is 2. The molecule has 24 heavy (non-hydrogen) atoms. The fourth-order valence-corrected chi connectivity index (χ4v) is 3.79. The average Bonchev–Trinajstić information content (AvgIpc) is 2.56. The lowest BCUT2D eigenvalue weighted by atomic mass is 9.97. The Morgan fingerprint density at radius 2 is 2.00 bits per heavy atom. The van der Waals surface area contributed by atoms with E-state index in [4.69, 9.17) is 0 Å². The molecule has 0 bridgehead atoms. The second kappa shape index (κ2) is 7.31. The van der Waals surface area contributed by atoms with Gasteiger partial charge < -0.3 is 10.2 Å². The third-order valence-electron chi connectivity index (χ3n) is 4.25. The van der Waals surface area contributed by atoms with Gasteiger partial charge in [-0.1, -0.05) is 6.07 Å². The van der Waals surface area contributed by atoms with Crippen LogP contribution in [0.25, 0.3) is 0 Å². The van der Waals surface area contributed by atoms with Crippen molar-refractivity contribution in [1.29, 1.82) is 0 Å². The zero-order valence-corrected chi connectivity index (χ0v) is 14.9. The van der Waals surface area contributed by atoms with E-state index in [1.54, 1.807) is 24.0 Å². The van der Waals surface area contributed by atoms with Gasteiger partial charge in [-0.05, 0) is 44.5 Å². The maximum Gasteiger partial charge on any atom is 0.240 e. The van der Waals surface area contributed by atoms with E-state index in [0.29, 0.717) is 30.8 Å². The van der Waals surface area contributed by atoms with Gasteiger partial charge in [-0.15, -0.1) is 0 Å². The molecule has 1 atom stereocenters. The van der Waals surface area contributed by atoms with Gasteiger partial charge in [0.1, 0.15) is 0 Å². The van der Waals surface area contributed by atoms with E-state index in [9.17, 15) is 18.0 Å². The maximum absolute atomic E-state index is 12.4. The molecule has 2 N–H and O–H groups in total. The standard InChI is InChI=1S/C16H23N3O4S/c1-11-6-7-14(9-15(11)24(22,23)17-3)18-16(21)13-5-4-8-19(10-13)12(2)20/h6-7,9,13,17H,4-5,8,10H2,1-3H3,(H,18,21)/t13-/m0/s1. The Morgan fingerprint density at radius 3 is 2.62 bits per heavy atom. The zero-order chi connectivity index (χ0) is 17.9. The highest BCUT2D eigenvalue weighted by atomic mass is 32.2. The number of rotatable bonds is 4. The molecule has 1 aromatic rings. The van der Waals surface area contributed by atoms with Gasteiger partial charge in [-0.2, -0.15) is 0 Å². The summed E-state index contributed by atoms with van der Waals surface area (Å²) in [6.07, 6.45) is 1.49. The first-order chi connectivity index (χ1) is 11.2. The van der Waals surface area contributed by atoms with Crippen molar-refractivity contribution >= 4 is 27.5 Å². The summed E-state index contributed by atoms with van der Waals surface area (Å²) >= 11 is 0. The van der Waals surface area contributed by atoms with Gasteiger partial charge in [-0.25, -0.2) is 13.1 Å². The molecule has 0 unspecified atom stereocenters. The zero-order valence-electron chi connectivity index (χ0n) is 14.1. The summed E-state index contributed by atoms with van der Waals surface area (Å²) in [4.78, 5) is 25.7. The normalized spacial score (nSPS) is 18.3. The first kappa shape index (κ1) is 18.4. The molecule has 1 heterocycles. The Balaban J connectivity index is 2.15. The highest BCUT2D eigenvalue weighted by Gasteiger charge is 2.27. The van der Waals surface area contributed by atoms with Crippen LogP contribution in [0.5, 0.6) is 0 Å². The van der Waals surface area contributed by atoms with Crippen molar-refractivity contribution in [1.82, 2.24) is 9.62 Å². The van der Waals surface area contributed by atoms with Crippen LogP contribution in [0.4, 0.5) is 5.69 Å². The Hall–Kier alpha value is -1.93. The molecule has 2 amide bonds. The van der Waals surface area contributed by atoms with Gasteiger partial charge in [0.15, 0.2) is 0 Å². The number of likely N-dealkylation sites (tertiary alicyclic amines) is 1. The number of hydrogen-bond donors (Lipinski definition) is 2. The summed E-state index contributed by atoms with van der Waals surface area (Å²) in [7, 11) is -2.24. The molecule has 0 aromatic heterocycles. The predicted molar refractivity (Wildman–Crippen MR) is 91.0 cm³/mol. The van der Waals surface area contributed by atoms with Crippen LogP contribution in [-0.4, -0.2) is 45.3 Å². The van der Waals surface area contributed by atoms with Gasteiger partial charge in [0.25, 0.3) is 0 Å². The molecule has 8 heteroatoms. The summed E-state index contributed by atoms with van der Waals surface area (Å²) in [5.74, 6) is -0.517. The van der Waals surface area contributed by atoms with Crippen LogP contribution in [0, 0.1) is 12.8 Å². The lowest BCUT2D eigenvalue weighted by molar-refractivity contribution is -0.132. The molecule has 0 aliphatic carbocycles. The second-order valence-electron chi connectivity index (χ2n) is 5.98. The van der Waals surface area contributed by atoms with Gasteiger partial charge >= 0.3 is 0 Å². The van der Waals surface area contributed by atoms with Gasteiger partial charge in [0.05, 0.1) is 10.8 Å². The van der Waals surface area contributed by atoms with Crippen molar-refractivity contribution in [3.05, 3.63) is 23.8 Å². The van der Waals surface area contributed by atoms with Crippen LogP contribution in [0.3, 0.4) is 0 Å². The Kier molecular flexibility index (Phi) is 5.61. The first-order valence-corrected chi connectivity index (χ1v) is 9.33. The number of benzene rings is 1. The maximum atomic E-state index is 12.4. The third kappa shape index (κ3) is 4.12. The molecule has 1 aliphatic heterocycles. The predicted octanol–water partition coefficient (Wildman–Crippen LogP) is 1.10. The Labute approximate surface area is 142 Å². The quantitative estimate of drug-likeness (QED) is 0.847. The SMILES string of the molecule is CNS(=O)(=O)c1cc(NC(=O)[C@H]2CCCN(C(C)=O)C2)ccc1C. The van der Waals surface area contributed by atoms with E-state index in [2.05, 4.69) is 10.0 Å². The number of piperidine rings is 1. The number of carbonyl (C=O) groups is 2. The number of amides is 2. The molecule has 0 saturated carbocycles. The van der Waals surface area contributed by atoms with Crippen molar-refractivity contribution in [3.63, 3.8) is 0 Å².